The van der Waals surface area contributed by atoms with Crippen molar-refractivity contribution in [2.45, 2.75) is 52.1 Å². The van der Waals surface area contributed by atoms with Gasteiger partial charge in [-0.2, -0.15) is 5.10 Å². The van der Waals surface area contributed by atoms with Crippen molar-refractivity contribution < 1.29 is 23.8 Å². The first kappa shape index (κ1) is 21.8. The number of halogens is 1. The van der Waals surface area contributed by atoms with E-state index in [4.69, 9.17) is 4.74 Å². The number of ether oxygens (including phenoxy) is 1. The molecule has 0 fully saturated rings. The van der Waals surface area contributed by atoms with Crippen LogP contribution in [-0.4, -0.2) is 38.9 Å². The number of aromatic nitrogens is 2. The molecule has 168 valence electrons. The van der Waals surface area contributed by atoms with Crippen LogP contribution in [0.2, 0.25) is 0 Å². The number of nitrogens with zero attached hydrogens (tertiary/aromatic N) is 3. The molecule has 0 atom stereocenters. The lowest BCUT2D eigenvalue weighted by Crippen LogP contribution is -2.38. The van der Waals surface area contributed by atoms with Crippen molar-refractivity contribution in [3.05, 3.63) is 64.7 Å². The van der Waals surface area contributed by atoms with Crippen molar-refractivity contribution in [1.29, 1.82) is 0 Å². The standard InChI is InChI=1S/C24H26FN3O4/c1-23(2,3)32-22(31)27-13-24(4,5)20-18(27)11-15(10-14-6-8-16(25)9-7-14)19-17(21(29)30)12-26-28(19)20/h6-9,11-12H,10,13H2,1-5H3,(H,29,30). The molecular formula is C24H26FN3O4. The van der Waals surface area contributed by atoms with Gasteiger partial charge in [-0.15, -0.1) is 0 Å². The summed E-state index contributed by atoms with van der Waals surface area (Å²) < 4.78 is 20.6. The highest BCUT2D eigenvalue weighted by Crippen LogP contribution is 2.43. The minimum Gasteiger partial charge on any atom is -0.478 e. The summed E-state index contributed by atoms with van der Waals surface area (Å²) in [6, 6.07) is 7.88. The van der Waals surface area contributed by atoms with Crippen molar-refractivity contribution in [2.24, 2.45) is 0 Å². The van der Waals surface area contributed by atoms with Crippen molar-refractivity contribution in [3.8, 4) is 0 Å². The van der Waals surface area contributed by atoms with E-state index in [1.54, 1.807) is 21.5 Å². The van der Waals surface area contributed by atoms with E-state index in [2.05, 4.69) is 5.10 Å². The molecular weight excluding hydrogens is 413 g/mol. The Kier molecular flexibility index (Phi) is 4.99. The number of pyridine rings is 1. The molecule has 1 amide bonds. The van der Waals surface area contributed by atoms with E-state index in [0.29, 0.717) is 29.7 Å². The van der Waals surface area contributed by atoms with Crippen LogP contribution < -0.4 is 4.90 Å². The van der Waals surface area contributed by atoms with E-state index < -0.39 is 23.1 Å². The lowest BCUT2D eigenvalue weighted by Gasteiger charge is -2.25. The van der Waals surface area contributed by atoms with Crippen LogP contribution in [0.5, 0.6) is 0 Å². The number of carbonyl (C=O) groups is 2. The summed E-state index contributed by atoms with van der Waals surface area (Å²) in [6.07, 6.45) is 1.21. The maximum absolute atomic E-state index is 13.4. The van der Waals surface area contributed by atoms with E-state index in [9.17, 15) is 19.1 Å². The Bertz CT molecular complexity index is 1220. The van der Waals surface area contributed by atoms with E-state index in [1.165, 1.54) is 18.3 Å². The first-order chi connectivity index (χ1) is 14.9. The van der Waals surface area contributed by atoms with Gasteiger partial charge >= 0.3 is 12.1 Å². The Morgan fingerprint density at radius 2 is 1.88 bits per heavy atom. The predicted octanol–water partition coefficient (Wildman–Crippen LogP) is 4.80. The molecule has 1 N–H and O–H groups in total. The quantitative estimate of drug-likeness (QED) is 0.634. The second-order valence-corrected chi connectivity index (χ2v) is 9.78. The SMILES string of the molecule is CC(C)(C)OC(=O)N1CC(C)(C)c2c1cc(Cc1ccc(F)cc1)c1c(C(=O)O)cnn21. The number of carboxylic acids is 1. The highest BCUT2D eigenvalue weighted by molar-refractivity contribution is 5.98. The number of amides is 1. The Morgan fingerprint density at radius 1 is 1.22 bits per heavy atom. The third kappa shape index (κ3) is 3.81. The average molecular weight is 439 g/mol. The Balaban J connectivity index is 1.92. The molecule has 0 aliphatic carbocycles. The second kappa shape index (κ2) is 7.32. The van der Waals surface area contributed by atoms with Gasteiger partial charge in [-0.05, 0) is 56.5 Å². The van der Waals surface area contributed by atoms with Gasteiger partial charge in [-0.25, -0.2) is 18.5 Å². The van der Waals surface area contributed by atoms with Gasteiger partial charge < -0.3 is 9.84 Å². The normalized spacial score (nSPS) is 15.1. The molecule has 2 aromatic heterocycles. The first-order valence-electron chi connectivity index (χ1n) is 10.4. The molecule has 1 aromatic carbocycles. The number of rotatable bonds is 3. The zero-order valence-electron chi connectivity index (χ0n) is 18.8. The number of aromatic carboxylic acids is 1. The van der Waals surface area contributed by atoms with Gasteiger partial charge in [0, 0.05) is 12.0 Å². The Hall–Kier alpha value is -3.42. The number of anilines is 1. The number of hydrogen-bond donors (Lipinski definition) is 1. The third-order valence-corrected chi connectivity index (χ3v) is 5.48. The van der Waals surface area contributed by atoms with Crippen molar-refractivity contribution in [3.63, 3.8) is 0 Å². The molecule has 0 saturated heterocycles. The largest absolute Gasteiger partial charge is 0.478 e. The molecule has 0 unspecified atom stereocenters. The number of carboxylic acid groups (broad SMARTS) is 1. The van der Waals surface area contributed by atoms with E-state index in [1.807, 2.05) is 40.7 Å². The fourth-order valence-corrected chi connectivity index (χ4v) is 4.23. The molecule has 32 heavy (non-hydrogen) atoms. The summed E-state index contributed by atoms with van der Waals surface area (Å²) in [5.74, 6) is -1.43. The summed E-state index contributed by atoms with van der Waals surface area (Å²) in [5.41, 5.74) is 2.27. The van der Waals surface area contributed by atoms with Crippen LogP contribution in [-0.2, 0) is 16.6 Å². The lowest BCUT2D eigenvalue weighted by molar-refractivity contribution is 0.0578. The molecule has 0 bridgehead atoms. The van der Waals surface area contributed by atoms with Crippen molar-refractivity contribution >= 4 is 23.3 Å². The average Bonchev–Trinajstić information content (AvgIpc) is 3.21. The van der Waals surface area contributed by atoms with E-state index in [-0.39, 0.29) is 11.4 Å². The molecule has 0 radical (unpaired) electrons. The molecule has 1 aliphatic heterocycles. The smallest absolute Gasteiger partial charge is 0.414 e. The Labute approximate surface area is 185 Å². The molecule has 7 nitrogen and oxygen atoms in total. The number of benzene rings is 1. The highest BCUT2D eigenvalue weighted by Gasteiger charge is 2.43. The molecule has 0 spiro atoms. The lowest BCUT2D eigenvalue weighted by atomic mass is 9.90. The predicted molar refractivity (Wildman–Crippen MR) is 118 cm³/mol. The summed E-state index contributed by atoms with van der Waals surface area (Å²) >= 11 is 0. The van der Waals surface area contributed by atoms with Crippen LogP contribution in [0.3, 0.4) is 0 Å². The second-order valence-electron chi connectivity index (χ2n) is 9.78. The molecule has 4 rings (SSSR count). The fourth-order valence-electron chi connectivity index (χ4n) is 4.23. The van der Waals surface area contributed by atoms with E-state index in [0.717, 1.165) is 11.3 Å². The van der Waals surface area contributed by atoms with Crippen LogP contribution in [0.25, 0.3) is 5.52 Å². The fraction of sp³-hybridized carbons (Fsp3) is 0.375. The zero-order valence-corrected chi connectivity index (χ0v) is 18.8. The summed E-state index contributed by atoms with van der Waals surface area (Å²) in [4.78, 5) is 26.5. The topological polar surface area (TPSA) is 84.1 Å². The van der Waals surface area contributed by atoms with Crippen LogP contribution in [0.1, 0.15) is 61.8 Å². The molecule has 8 heteroatoms. The van der Waals surface area contributed by atoms with E-state index >= 15 is 0 Å². The number of fused-ring (bicyclic) bond motifs is 3. The van der Waals surface area contributed by atoms with Crippen LogP contribution in [0.15, 0.2) is 36.5 Å². The van der Waals surface area contributed by atoms with Gasteiger partial charge in [0.15, 0.2) is 0 Å². The monoisotopic (exact) mass is 439 g/mol. The van der Waals surface area contributed by atoms with Crippen molar-refractivity contribution in [1.82, 2.24) is 9.61 Å². The van der Waals surface area contributed by atoms with Crippen molar-refractivity contribution in [2.75, 3.05) is 11.4 Å². The number of hydrogen-bond acceptors (Lipinski definition) is 4. The van der Waals surface area contributed by atoms with Crippen LogP contribution >= 0.6 is 0 Å². The summed E-state index contributed by atoms with van der Waals surface area (Å²) in [7, 11) is 0. The van der Waals surface area contributed by atoms with Gasteiger partial charge in [0.25, 0.3) is 0 Å². The number of carbonyl (C=O) groups excluding carboxylic acids is 1. The highest BCUT2D eigenvalue weighted by atomic mass is 19.1. The first-order valence-corrected chi connectivity index (χ1v) is 10.4. The summed E-state index contributed by atoms with van der Waals surface area (Å²) in [6.45, 7) is 9.76. The maximum atomic E-state index is 13.4. The van der Waals surface area contributed by atoms with Gasteiger partial charge in [0.05, 0.1) is 23.1 Å². The minimum atomic E-state index is -1.08. The molecule has 1 aliphatic rings. The molecule has 3 aromatic rings. The molecule has 0 saturated carbocycles. The zero-order chi connectivity index (χ0) is 23.4. The van der Waals surface area contributed by atoms with Gasteiger partial charge in [-0.3, -0.25) is 4.90 Å². The Morgan fingerprint density at radius 3 is 2.47 bits per heavy atom. The minimum absolute atomic E-state index is 0.0800. The maximum Gasteiger partial charge on any atom is 0.414 e. The third-order valence-electron chi connectivity index (χ3n) is 5.48. The van der Waals surface area contributed by atoms with Gasteiger partial charge in [-0.1, -0.05) is 26.0 Å². The van der Waals surface area contributed by atoms with Crippen LogP contribution in [0, 0.1) is 5.82 Å². The van der Waals surface area contributed by atoms with Crippen LogP contribution in [0.4, 0.5) is 14.9 Å². The molecule has 3 heterocycles. The summed E-state index contributed by atoms with van der Waals surface area (Å²) in [5, 5.41) is 14.1. The van der Waals surface area contributed by atoms with Gasteiger partial charge in [0.2, 0.25) is 0 Å². The van der Waals surface area contributed by atoms with Gasteiger partial charge in [0.1, 0.15) is 17.0 Å².